The highest BCUT2D eigenvalue weighted by Crippen LogP contribution is 2.22. The van der Waals surface area contributed by atoms with E-state index in [1.54, 1.807) is 42.5 Å². The van der Waals surface area contributed by atoms with Gasteiger partial charge in [0.05, 0.1) is 17.8 Å². The fourth-order valence-corrected chi connectivity index (χ4v) is 2.41. The van der Waals surface area contributed by atoms with Gasteiger partial charge in [-0.15, -0.1) is 0 Å². The molecule has 1 aromatic carbocycles. The van der Waals surface area contributed by atoms with Gasteiger partial charge in [-0.1, -0.05) is 23.7 Å². The molecule has 0 aliphatic carbocycles. The van der Waals surface area contributed by atoms with Gasteiger partial charge in [0.1, 0.15) is 11.4 Å². The predicted molar refractivity (Wildman–Crippen MR) is 96.2 cm³/mol. The van der Waals surface area contributed by atoms with Crippen LogP contribution in [0.4, 0.5) is 0 Å². The van der Waals surface area contributed by atoms with Crippen molar-refractivity contribution >= 4 is 17.5 Å². The largest absolute Gasteiger partial charge is 0.482 e. The number of carbonyl (C=O) groups excluding carboxylic acids is 1. The van der Waals surface area contributed by atoms with Crippen molar-refractivity contribution in [3.8, 4) is 17.2 Å². The van der Waals surface area contributed by atoms with Gasteiger partial charge in [0.25, 0.3) is 11.5 Å². The quantitative estimate of drug-likeness (QED) is 0.687. The van der Waals surface area contributed by atoms with E-state index in [2.05, 4.69) is 10.4 Å². The van der Waals surface area contributed by atoms with Gasteiger partial charge in [-0.2, -0.15) is 5.10 Å². The smallest absolute Gasteiger partial charge is 0.266 e. The van der Waals surface area contributed by atoms with E-state index >= 15 is 0 Å². The number of furan rings is 1. The average molecular weight is 374 g/mol. The third-order valence-corrected chi connectivity index (χ3v) is 3.79. The molecule has 1 N–H and O–H groups in total. The summed E-state index contributed by atoms with van der Waals surface area (Å²) < 4.78 is 11.9. The molecule has 0 fully saturated rings. The van der Waals surface area contributed by atoms with Gasteiger partial charge < -0.3 is 14.5 Å². The summed E-state index contributed by atoms with van der Waals surface area (Å²) in [6, 6.07) is 13.4. The monoisotopic (exact) mass is 373 g/mol. The number of hydrogen-bond acceptors (Lipinski definition) is 5. The Hall–Kier alpha value is -3.06. The molecule has 7 nitrogen and oxygen atoms in total. The Morgan fingerprint density at radius 3 is 2.81 bits per heavy atom. The summed E-state index contributed by atoms with van der Waals surface area (Å²) >= 11 is 5.96. The minimum atomic E-state index is -0.319. The maximum Gasteiger partial charge on any atom is 0.266 e. The van der Waals surface area contributed by atoms with Crippen molar-refractivity contribution in [2.75, 3.05) is 13.2 Å². The van der Waals surface area contributed by atoms with Crippen LogP contribution in [0.3, 0.4) is 0 Å². The van der Waals surface area contributed by atoms with E-state index in [0.29, 0.717) is 22.2 Å². The molecular weight excluding hydrogens is 358 g/mol. The fourth-order valence-electron chi connectivity index (χ4n) is 2.22. The molecule has 0 unspecified atom stereocenters. The molecule has 26 heavy (non-hydrogen) atoms. The van der Waals surface area contributed by atoms with Gasteiger partial charge in [-0.25, -0.2) is 4.68 Å². The number of hydrogen-bond donors (Lipinski definition) is 1. The molecule has 0 radical (unpaired) electrons. The molecule has 0 aliphatic heterocycles. The first-order valence-corrected chi connectivity index (χ1v) is 8.27. The van der Waals surface area contributed by atoms with Crippen LogP contribution in [0.15, 0.2) is 64.0 Å². The first kappa shape index (κ1) is 17.8. The number of nitrogens with one attached hydrogen (secondary N) is 1. The van der Waals surface area contributed by atoms with Crippen molar-refractivity contribution in [3.63, 3.8) is 0 Å². The van der Waals surface area contributed by atoms with Crippen molar-refractivity contribution in [2.24, 2.45) is 0 Å². The van der Waals surface area contributed by atoms with Crippen molar-refractivity contribution in [2.45, 2.75) is 6.54 Å². The molecule has 0 atom stereocenters. The van der Waals surface area contributed by atoms with Crippen LogP contribution >= 0.6 is 11.6 Å². The lowest BCUT2D eigenvalue weighted by Gasteiger charge is -2.09. The summed E-state index contributed by atoms with van der Waals surface area (Å²) in [5, 5.41) is 7.34. The van der Waals surface area contributed by atoms with Crippen molar-refractivity contribution in [3.05, 3.63) is 70.2 Å². The standard InChI is InChI=1S/C18H16ClN3O4/c19-13-4-1-2-5-15(13)26-12-17(23)20-9-10-22-18(24)8-7-14(21-22)16-6-3-11-25-16/h1-8,11H,9-10,12H2,(H,20,23). The summed E-state index contributed by atoms with van der Waals surface area (Å²) in [4.78, 5) is 23.7. The first-order valence-electron chi connectivity index (χ1n) is 7.89. The number of aromatic nitrogens is 2. The highest BCUT2D eigenvalue weighted by Gasteiger charge is 2.07. The number of para-hydroxylation sites is 1. The van der Waals surface area contributed by atoms with Gasteiger partial charge in [-0.3, -0.25) is 9.59 Å². The third-order valence-electron chi connectivity index (χ3n) is 3.48. The second-order valence-electron chi connectivity index (χ2n) is 5.33. The highest BCUT2D eigenvalue weighted by atomic mass is 35.5. The molecule has 134 valence electrons. The van der Waals surface area contributed by atoms with Crippen molar-refractivity contribution in [1.29, 1.82) is 0 Å². The highest BCUT2D eigenvalue weighted by molar-refractivity contribution is 6.32. The SMILES string of the molecule is O=C(COc1ccccc1Cl)NCCn1nc(-c2ccco2)ccc1=O. The summed E-state index contributed by atoms with van der Waals surface area (Å²) in [6.07, 6.45) is 1.53. The first-order chi connectivity index (χ1) is 12.6. The second kappa shape index (κ2) is 8.35. The van der Waals surface area contributed by atoms with Crippen molar-refractivity contribution < 1.29 is 13.9 Å². The zero-order valence-electron chi connectivity index (χ0n) is 13.7. The van der Waals surface area contributed by atoms with Gasteiger partial charge in [-0.05, 0) is 30.3 Å². The Bertz CT molecular complexity index is 938. The molecule has 3 rings (SSSR count). The van der Waals surface area contributed by atoms with E-state index in [4.69, 9.17) is 20.8 Å². The van der Waals surface area contributed by atoms with Crippen LogP contribution in [-0.4, -0.2) is 28.8 Å². The number of ether oxygens (including phenoxy) is 1. The van der Waals surface area contributed by atoms with Crippen LogP contribution in [0.5, 0.6) is 5.75 Å². The van der Waals surface area contributed by atoms with Gasteiger partial charge in [0.2, 0.25) is 0 Å². The van der Waals surface area contributed by atoms with Gasteiger partial charge >= 0.3 is 0 Å². The van der Waals surface area contributed by atoms with E-state index in [1.165, 1.54) is 17.0 Å². The third kappa shape index (κ3) is 4.52. The number of rotatable bonds is 7. The normalized spacial score (nSPS) is 10.5. The molecule has 0 spiro atoms. The Balaban J connectivity index is 1.51. The van der Waals surface area contributed by atoms with Crippen molar-refractivity contribution in [1.82, 2.24) is 15.1 Å². The molecule has 0 aliphatic rings. The molecule has 0 saturated carbocycles. The van der Waals surface area contributed by atoms with Crippen LogP contribution in [0.25, 0.3) is 11.5 Å². The molecule has 2 heterocycles. The molecular formula is C18H16ClN3O4. The predicted octanol–water partition coefficient (Wildman–Crippen LogP) is 2.35. The minimum absolute atomic E-state index is 0.168. The Labute approximate surface area is 154 Å². The fraction of sp³-hybridized carbons (Fsp3) is 0.167. The molecule has 8 heteroatoms. The second-order valence-corrected chi connectivity index (χ2v) is 5.73. The number of benzene rings is 1. The Kier molecular flexibility index (Phi) is 5.70. The number of carbonyl (C=O) groups is 1. The average Bonchev–Trinajstić information content (AvgIpc) is 3.17. The zero-order chi connectivity index (χ0) is 18.4. The van der Waals surface area contributed by atoms with Gasteiger partial charge in [0, 0.05) is 12.6 Å². The van der Waals surface area contributed by atoms with Crippen LogP contribution in [-0.2, 0) is 11.3 Å². The zero-order valence-corrected chi connectivity index (χ0v) is 14.5. The van der Waals surface area contributed by atoms with Crippen LogP contribution < -0.4 is 15.6 Å². The Morgan fingerprint density at radius 1 is 1.19 bits per heavy atom. The summed E-state index contributed by atoms with van der Waals surface area (Å²) in [7, 11) is 0. The maximum atomic E-state index is 11.9. The van der Waals surface area contributed by atoms with Crippen LogP contribution in [0.1, 0.15) is 0 Å². The molecule has 1 amide bonds. The number of nitrogens with zero attached hydrogens (tertiary/aromatic N) is 2. The summed E-state index contributed by atoms with van der Waals surface area (Å²) in [5.41, 5.74) is 0.282. The molecule has 2 aromatic heterocycles. The van der Waals surface area contributed by atoms with Crippen LogP contribution in [0, 0.1) is 0 Å². The molecule has 0 saturated heterocycles. The van der Waals surface area contributed by atoms with E-state index < -0.39 is 0 Å². The minimum Gasteiger partial charge on any atom is -0.482 e. The van der Waals surface area contributed by atoms with E-state index in [9.17, 15) is 9.59 Å². The summed E-state index contributed by atoms with van der Waals surface area (Å²) in [5.74, 6) is 0.685. The Morgan fingerprint density at radius 2 is 2.04 bits per heavy atom. The van der Waals surface area contributed by atoms with E-state index in [1.807, 2.05) is 0 Å². The van der Waals surface area contributed by atoms with Gasteiger partial charge in [0.15, 0.2) is 12.4 Å². The lowest BCUT2D eigenvalue weighted by molar-refractivity contribution is -0.123. The van der Waals surface area contributed by atoms with Crippen LogP contribution in [0.2, 0.25) is 5.02 Å². The maximum absolute atomic E-state index is 11.9. The number of amides is 1. The summed E-state index contributed by atoms with van der Waals surface area (Å²) in [6.45, 7) is 0.295. The number of halogens is 1. The molecule has 0 bridgehead atoms. The topological polar surface area (TPSA) is 86.4 Å². The lowest BCUT2D eigenvalue weighted by Crippen LogP contribution is -2.34. The van der Waals surface area contributed by atoms with E-state index in [0.717, 1.165) is 0 Å². The molecule has 3 aromatic rings. The van der Waals surface area contributed by atoms with E-state index in [-0.39, 0.29) is 31.2 Å². The lowest BCUT2D eigenvalue weighted by atomic mass is 10.3.